The molecule has 0 saturated carbocycles. The Morgan fingerprint density at radius 3 is 2.63 bits per heavy atom. The summed E-state index contributed by atoms with van der Waals surface area (Å²) in [6.07, 6.45) is 3.77. The van der Waals surface area contributed by atoms with Crippen molar-refractivity contribution < 1.29 is 9.53 Å². The topological polar surface area (TPSA) is 44.8 Å². The van der Waals surface area contributed by atoms with Crippen LogP contribution in [0.2, 0.25) is 0 Å². The Morgan fingerprint density at radius 1 is 1.21 bits per heavy atom. The molecule has 1 aliphatic rings. The van der Waals surface area contributed by atoms with Crippen LogP contribution in [-0.2, 0) is 9.53 Å². The fourth-order valence-corrected chi connectivity index (χ4v) is 2.29. The quantitative estimate of drug-likeness (QED) is 0.490. The van der Waals surface area contributed by atoms with Gasteiger partial charge in [-0.1, -0.05) is 6.42 Å². The van der Waals surface area contributed by atoms with E-state index in [-0.39, 0.29) is 5.97 Å². The maximum Gasteiger partial charge on any atom is 0.305 e. The number of methoxy groups -OCH3 is 1. The summed E-state index contributed by atoms with van der Waals surface area (Å²) in [5, 5.41) is 3.37. The molecule has 19 heavy (non-hydrogen) atoms. The number of hydrogen-bond donors (Lipinski definition) is 1. The average molecular weight is 271 g/mol. The summed E-state index contributed by atoms with van der Waals surface area (Å²) >= 11 is 0. The van der Waals surface area contributed by atoms with Crippen molar-refractivity contribution in [2.75, 3.05) is 60.0 Å². The van der Waals surface area contributed by atoms with Gasteiger partial charge in [-0.25, -0.2) is 0 Å². The molecular weight excluding hydrogens is 242 g/mol. The Morgan fingerprint density at radius 2 is 1.95 bits per heavy atom. The van der Waals surface area contributed by atoms with Crippen LogP contribution in [0.5, 0.6) is 0 Å². The molecule has 1 saturated heterocycles. The van der Waals surface area contributed by atoms with Crippen LogP contribution in [0.1, 0.15) is 25.7 Å². The standard InChI is InChI=1S/C14H29N3O2/c1-16(9-5-3-4-6-14(18)19-2)12-13-17-10-7-15-8-11-17/h15H,3-13H2,1-2H3. The van der Waals surface area contributed by atoms with Crippen molar-refractivity contribution in [1.29, 1.82) is 0 Å². The molecule has 1 heterocycles. The van der Waals surface area contributed by atoms with Crippen LogP contribution < -0.4 is 5.32 Å². The second-order valence-corrected chi connectivity index (χ2v) is 5.28. The second-order valence-electron chi connectivity index (χ2n) is 5.28. The number of unbranched alkanes of at least 4 members (excludes halogenated alkanes) is 2. The Kier molecular flexibility index (Phi) is 8.79. The molecule has 0 bridgehead atoms. The first-order valence-electron chi connectivity index (χ1n) is 7.41. The third-order valence-electron chi connectivity index (χ3n) is 3.66. The Bertz CT molecular complexity index is 243. The zero-order valence-corrected chi connectivity index (χ0v) is 12.5. The minimum Gasteiger partial charge on any atom is -0.469 e. The highest BCUT2D eigenvalue weighted by atomic mass is 16.5. The highest BCUT2D eigenvalue weighted by Gasteiger charge is 2.09. The summed E-state index contributed by atoms with van der Waals surface area (Å²) in [6, 6.07) is 0. The van der Waals surface area contributed by atoms with Gasteiger partial charge in [-0.15, -0.1) is 0 Å². The van der Waals surface area contributed by atoms with Gasteiger partial charge in [-0.3, -0.25) is 9.69 Å². The number of carbonyl (C=O) groups excluding carboxylic acids is 1. The number of rotatable bonds is 9. The van der Waals surface area contributed by atoms with Crippen molar-refractivity contribution in [1.82, 2.24) is 15.1 Å². The molecule has 0 unspecified atom stereocenters. The summed E-state index contributed by atoms with van der Waals surface area (Å²) in [5.74, 6) is -0.0907. The van der Waals surface area contributed by atoms with Gasteiger partial charge in [0.05, 0.1) is 7.11 Å². The van der Waals surface area contributed by atoms with Gasteiger partial charge in [-0.2, -0.15) is 0 Å². The molecule has 1 N–H and O–H groups in total. The van der Waals surface area contributed by atoms with Gasteiger partial charge in [0.15, 0.2) is 0 Å². The van der Waals surface area contributed by atoms with Crippen LogP contribution in [0, 0.1) is 0 Å². The number of nitrogens with one attached hydrogen (secondary N) is 1. The minimum absolute atomic E-state index is 0.0907. The van der Waals surface area contributed by atoms with E-state index in [1.165, 1.54) is 26.7 Å². The number of carbonyl (C=O) groups is 1. The summed E-state index contributed by atoms with van der Waals surface area (Å²) in [5.41, 5.74) is 0. The molecule has 5 heteroatoms. The van der Waals surface area contributed by atoms with Crippen molar-refractivity contribution in [3.05, 3.63) is 0 Å². The Balaban J connectivity index is 1.92. The molecule has 0 aromatic carbocycles. The molecule has 0 radical (unpaired) electrons. The number of ether oxygens (including phenoxy) is 1. The molecule has 1 fully saturated rings. The van der Waals surface area contributed by atoms with Crippen molar-refractivity contribution in [3.8, 4) is 0 Å². The third kappa shape index (κ3) is 8.18. The number of likely N-dealkylation sites (N-methyl/N-ethyl adjacent to an activating group) is 1. The van der Waals surface area contributed by atoms with Crippen molar-refractivity contribution in [2.45, 2.75) is 25.7 Å². The van der Waals surface area contributed by atoms with E-state index in [9.17, 15) is 4.79 Å². The molecule has 0 amide bonds. The molecular formula is C14H29N3O2. The lowest BCUT2D eigenvalue weighted by atomic mass is 10.2. The van der Waals surface area contributed by atoms with E-state index in [1.807, 2.05) is 0 Å². The average Bonchev–Trinajstić information content (AvgIpc) is 2.45. The van der Waals surface area contributed by atoms with Crippen LogP contribution in [0.15, 0.2) is 0 Å². The van der Waals surface area contributed by atoms with Crippen LogP contribution >= 0.6 is 0 Å². The Labute approximate surface area is 117 Å². The van der Waals surface area contributed by atoms with E-state index in [2.05, 4.69) is 26.9 Å². The van der Waals surface area contributed by atoms with E-state index in [0.717, 1.165) is 45.4 Å². The van der Waals surface area contributed by atoms with Crippen LogP contribution in [0.3, 0.4) is 0 Å². The van der Waals surface area contributed by atoms with Crippen molar-refractivity contribution in [2.24, 2.45) is 0 Å². The SMILES string of the molecule is COC(=O)CCCCCN(C)CCN1CCNCC1. The van der Waals surface area contributed by atoms with Gasteiger partial charge in [0.25, 0.3) is 0 Å². The summed E-state index contributed by atoms with van der Waals surface area (Å²) in [4.78, 5) is 15.9. The predicted molar refractivity (Wildman–Crippen MR) is 77.3 cm³/mol. The monoisotopic (exact) mass is 271 g/mol. The fourth-order valence-electron chi connectivity index (χ4n) is 2.29. The third-order valence-corrected chi connectivity index (χ3v) is 3.66. The van der Waals surface area contributed by atoms with E-state index in [4.69, 9.17) is 0 Å². The van der Waals surface area contributed by atoms with Gasteiger partial charge < -0.3 is 15.0 Å². The zero-order valence-electron chi connectivity index (χ0n) is 12.5. The zero-order chi connectivity index (χ0) is 13.9. The highest BCUT2D eigenvalue weighted by molar-refractivity contribution is 5.68. The molecule has 0 aromatic rings. The van der Waals surface area contributed by atoms with Crippen LogP contribution in [0.4, 0.5) is 0 Å². The number of nitrogens with zero attached hydrogens (tertiary/aromatic N) is 2. The van der Waals surface area contributed by atoms with Crippen LogP contribution in [0.25, 0.3) is 0 Å². The number of esters is 1. The number of hydrogen-bond acceptors (Lipinski definition) is 5. The van der Waals surface area contributed by atoms with Gasteiger partial charge in [0.2, 0.25) is 0 Å². The van der Waals surface area contributed by atoms with E-state index in [0.29, 0.717) is 6.42 Å². The lowest BCUT2D eigenvalue weighted by molar-refractivity contribution is -0.140. The molecule has 5 nitrogen and oxygen atoms in total. The number of piperazine rings is 1. The van der Waals surface area contributed by atoms with E-state index in [1.54, 1.807) is 0 Å². The van der Waals surface area contributed by atoms with Gasteiger partial charge >= 0.3 is 5.97 Å². The fraction of sp³-hybridized carbons (Fsp3) is 0.929. The maximum absolute atomic E-state index is 10.9. The first-order chi connectivity index (χ1) is 9.22. The molecule has 0 aliphatic carbocycles. The van der Waals surface area contributed by atoms with E-state index < -0.39 is 0 Å². The minimum atomic E-state index is -0.0907. The highest BCUT2D eigenvalue weighted by Crippen LogP contribution is 2.02. The molecule has 0 atom stereocenters. The summed E-state index contributed by atoms with van der Waals surface area (Å²) in [7, 11) is 3.63. The molecule has 0 aromatic heterocycles. The van der Waals surface area contributed by atoms with Crippen LogP contribution in [-0.4, -0.2) is 75.7 Å². The van der Waals surface area contributed by atoms with Gasteiger partial charge in [-0.05, 0) is 26.4 Å². The van der Waals surface area contributed by atoms with Gasteiger partial charge in [0, 0.05) is 45.7 Å². The lowest BCUT2D eigenvalue weighted by Crippen LogP contribution is -2.46. The van der Waals surface area contributed by atoms with E-state index >= 15 is 0 Å². The first kappa shape index (κ1) is 16.4. The smallest absolute Gasteiger partial charge is 0.305 e. The molecule has 112 valence electrons. The second kappa shape index (κ2) is 10.2. The summed E-state index contributed by atoms with van der Waals surface area (Å²) < 4.78 is 4.62. The predicted octanol–water partition coefficient (Wildman–Crippen LogP) is 0.557. The molecule has 1 aliphatic heterocycles. The lowest BCUT2D eigenvalue weighted by Gasteiger charge is -2.29. The largest absolute Gasteiger partial charge is 0.469 e. The Hall–Kier alpha value is -0.650. The molecule has 0 spiro atoms. The van der Waals surface area contributed by atoms with Gasteiger partial charge in [0.1, 0.15) is 0 Å². The summed E-state index contributed by atoms with van der Waals surface area (Å²) in [6.45, 7) is 8.01. The first-order valence-corrected chi connectivity index (χ1v) is 7.41. The normalized spacial score (nSPS) is 16.8. The maximum atomic E-state index is 10.9. The molecule has 1 rings (SSSR count). The van der Waals surface area contributed by atoms with Crippen molar-refractivity contribution in [3.63, 3.8) is 0 Å². The van der Waals surface area contributed by atoms with Crippen molar-refractivity contribution >= 4 is 5.97 Å².